The molecule has 0 aliphatic heterocycles. The van der Waals surface area contributed by atoms with Gasteiger partial charge in [-0.05, 0) is 24.3 Å². The minimum absolute atomic E-state index is 0.277. The summed E-state index contributed by atoms with van der Waals surface area (Å²) >= 11 is 0. The Hall–Kier alpha value is -3.75. The smallest absolute Gasteiger partial charge is 0.311 e. The van der Waals surface area contributed by atoms with Crippen molar-refractivity contribution in [1.29, 1.82) is 0 Å². The molecule has 9 nitrogen and oxygen atoms in total. The molecule has 2 rings (SSSR count). The summed E-state index contributed by atoms with van der Waals surface area (Å²) < 4.78 is 0. The van der Waals surface area contributed by atoms with Crippen LogP contribution in [0.2, 0.25) is 0 Å². The molecule has 0 aromatic heterocycles. The number of aromatic hydroxyl groups is 1. The number of hydrogen-bond donors (Lipinski definition) is 3. The number of hydrogen-bond acceptors (Lipinski definition) is 6. The molecule has 0 bridgehead atoms. The normalized spacial score (nSPS) is 10.4. The van der Waals surface area contributed by atoms with E-state index in [0.717, 1.165) is 12.1 Å². The quantitative estimate of drug-likeness (QED) is 0.412. The van der Waals surface area contributed by atoms with Gasteiger partial charge in [0.25, 0.3) is 11.8 Å². The Kier molecular flexibility index (Phi) is 5.77. The molecule has 0 saturated carbocycles. The number of carbonyl (C=O) groups excluding carboxylic acids is 2. The molecule has 0 fully saturated rings. The molecule has 0 atom stereocenters. The van der Waals surface area contributed by atoms with E-state index >= 15 is 0 Å². The topological polar surface area (TPSA) is 134 Å². The van der Waals surface area contributed by atoms with E-state index in [1.54, 1.807) is 30.3 Å². The van der Waals surface area contributed by atoms with Gasteiger partial charge in [-0.15, -0.1) is 0 Å². The van der Waals surface area contributed by atoms with Gasteiger partial charge in [0, 0.05) is 17.2 Å². The van der Waals surface area contributed by atoms with Crippen molar-refractivity contribution in [3.63, 3.8) is 0 Å². The molecule has 0 unspecified atom stereocenters. The number of rotatable bonds is 6. The Morgan fingerprint density at radius 2 is 1.92 bits per heavy atom. The summed E-state index contributed by atoms with van der Waals surface area (Å²) in [6.45, 7) is -0.277. The maximum atomic E-state index is 11.8. The number of benzene rings is 2. The van der Waals surface area contributed by atoms with Gasteiger partial charge in [0.1, 0.15) is 0 Å². The minimum atomic E-state index is -0.732. The molecule has 0 radical (unpaired) electrons. The molecule has 9 heteroatoms. The molecule has 0 spiro atoms. The Balaban J connectivity index is 1.85. The van der Waals surface area contributed by atoms with Crippen molar-refractivity contribution >= 4 is 23.7 Å². The van der Waals surface area contributed by atoms with Crippen molar-refractivity contribution in [2.75, 3.05) is 6.54 Å². The van der Waals surface area contributed by atoms with Crippen LogP contribution < -0.4 is 10.7 Å². The van der Waals surface area contributed by atoms with Gasteiger partial charge in [-0.1, -0.05) is 18.2 Å². The average molecular weight is 342 g/mol. The zero-order valence-corrected chi connectivity index (χ0v) is 12.9. The highest BCUT2D eigenvalue weighted by molar-refractivity contribution is 5.96. The highest BCUT2D eigenvalue weighted by atomic mass is 16.6. The number of phenols is 1. The first-order valence-electron chi connectivity index (χ1n) is 7.10. The van der Waals surface area contributed by atoms with Crippen LogP contribution in [0.3, 0.4) is 0 Å². The first-order chi connectivity index (χ1) is 12.0. The molecule has 2 aromatic carbocycles. The minimum Gasteiger partial charge on any atom is -0.502 e. The van der Waals surface area contributed by atoms with Gasteiger partial charge in [0.2, 0.25) is 0 Å². The van der Waals surface area contributed by atoms with Crippen LogP contribution in [0.1, 0.15) is 15.9 Å². The Bertz CT molecular complexity index is 821. The van der Waals surface area contributed by atoms with Crippen LogP contribution in [0.5, 0.6) is 5.75 Å². The van der Waals surface area contributed by atoms with E-state index in [9.17, 15) is 24.8 Å². The van der Waals surface area contributed by atoms with Crippen LogP contribution in [-0.2, 0) is 4.79 Å². The number of phenolic OH excluding ortho intramolecular Hbond substituents is 1. The Morgan fingerprint density at radius 1 is 1.20 bits per heavy atom. The average Bonchev–Trinajstić information content (AvgIpc) is 2.61. The maximum absolute atomic E-state index is 11.8. The summed E-state index contributed by atoms with van der Waals surface area (Å²) in [4.78, 5) is 33.4. The molecular weight excluding hydrogens is 328 g/mol. The Labute approximate surface area is 142 Å². The lowest BCUT2D eigenvalue weighted by molar-refractivity contribution is -0.385. The van der Waals surface area contributed by atoms with Crippen LogP contribution in [0.4, 0.5) is 5.69 Å². The molecule has 0 aliphatic rings. The van der Waals surface area contributed by atoms with Crippen molar-refractivity contribution in [1.82, 2.24) is 10.7 Å². The van der Waals surface area contributed by atoms with Crippen LogP contribution in [0, 0.1) is 10.1 Å². The number of nitro benzene ring substituents is 1. The predicted molar refractivity (Wildman–Crippen MR) is 89.3 cm³/mol. The molecule has 25 heavy (non-hydrogen) atoms. The van der Waals surface area contributed by atoms with E-state index in [-0.39, 0.29) is 6.54 Å². The summed E-state index contributed by atoms with van der Waals surface area (Å²) in [5.41, 5.74) is 2.46. The van der Waals surface area contributed by atoms with E-state index in [1.807, 2.05) is 0 Å². The SMILES string of the molecule is O=C(CNC(=O)c1ccccc1)NN=Cc1ccc(O)c([N+](=O)[O-])c1. The van der Waals surface area contributed by atoms with Crippen LogP contribution in [0.25, 0.3) is 0 Å². The van der Waals surface area contributed by atoms with Crippen molar-refractivity contribution in [3.05, 3.63) is 69.8 Å². The van der Waals surface area contributed by atoms with E-state index < -0.39 is 28.2 Å². The molecule has 0 aliphatic carbocycles. The standard InChI is InChI=1S/C16H14N4O5/c21-14-7-6-11(8-13(14)20(24)25)9-18-19-15(22)10-17-16(23)12-4-2-1-3-5-12/h1-9,21H,10H2,(H,17,23)(H,19,22). The number of nitro groups is 1. The number of carbonyl (C=O) groups is 2. The predicted octanol–water partition coefficient (Wildman–Crippen LogP) is 1.18. The third-order valence-corrected chi connectivity index (χ3v) is 3.04. The highest BCUT2D eigenvalue weighted by Gasteiger charge is 2.12. The van der Waals surface area contributed by atoms with Crippen LogP contribution in [0.15, 0.2) is 53.6 Å². The summed E-state index contributed by atoms with van der Waals surface area (Å²) in [7, 11) is 0. The van der Waals surface area contributed by atoms with Gasteiger partial charge in [-0.3, -0.25) is 19.7 Å². The highest BCUT2D eigenvalue weighted by Crippen LogP contribution is 2.25. The second kappa shape index (κ2) is 8.20. The number of hydrazone groups is 1. The van der Waals surface area contributed by atoms with Crippen molar-refractivity contribution in [3.8, 4) is 5.75 Å². The van der Waals surface area contributed by atoms with Gasteiger partial charge in [-0.2, -0.15) is 5.10 Å². The zero-order valence-electron chi connectivity index (χ0n) is 12.9. The fourth-order valence-corrected chi connectivity index (χ4v) is 1.84. The van der Waals surface area contributed by atoms with Gasteiger partial charge in [0.05, 0.1) is 17.7 Å². The first kappa shape index (κ1) is 17.6. The summed E-state index contributed by atoms with van der Waals surface area (Å²) in [6.07, 6.45) is 1.18. The molecule has 128 valence electrons. The van der Waals surface area contributed by atoms with Crippen LogP contribution >= 0.6 is 0 Å². The lowest BCUT2D eigenvalue weighted by Crippen LogP contribution is -2.34. The van der Waals surface area contributed by atoms with Gasteiger partial charge in [-0.25, -0.2) is 5.43 Å². The molecule has 0 heterocycles. The van der Waals surface area contributed by atoms with Crippen molar-refractivity contribution in [2.24, 2.45) is 5.10 Å². The fraction of sp³-hybridized carbons (Fsp3) is 0.0625. The third-order valence-electron chi connectivity index (χ3n) is 3.04. The molecule has 3 N–H and O–H groups in total. The number of amides is 2. The third kappa shape index (κ3) is 5.13. The first-order valence-corrected chi connectivity index (χ1v) is 7.10. The lowest BCUT2D eigenvalue weighted by Gasteiger charge is -2.04. The second-order valence-electron chi connectivity index (χ2n) is 4.85. The molecule has 0 saturated heterocycles. The fourth-order valence-electron chi connectivity index (χ4n) is 1.84. The Morgan fingerprint density at radius 3 is 2.60 bits per heavy atom. The lowest BCUT2D eigenvalue weighted by atomic mass is 10.2. The van der Waals surface area contributed by atoms with Crippen LogP contribution in [-0.4, -0.2) is 34.6 Å². The summed E-state index contributed by atoms with van der Waals surface area (Å²) in [5.74, 6) is -1.42. The number of nitrogens with zero attached hydrogens (tertiary/aromatic N) is 2. The summed E-state index contributed by atoms with van der Waals surface area (Å²) in [6, 6.07) is 12.1. The summed E-state index contributed by atoms with van der Waals surface area (Å²) in [5, 5.41) is 26.1. The molecule has 2 aromatic rings. The molecular formula is C16H14N4O5. The van der Waals surface area contributed by atoms with Gasteiger partial charge >= 0.3 is 5.69 Å². The maximum Gasteiger partial charge on any atom is 0.311 e. The van der Waals surface area contributed by atoms with Crippen molar-refractivity contribution in [2.45, 2.75) is 0 Å². The van der Waals surface area contributed by atoms with E-state index in [1.165, 1.54) is 12.3 Å². The monoisotopic (exact) mass is 342 g/mol. The van der Waals surface area contributed by atoms with E-state index in [4.69, 9.17) is 0 Å². The largest absolute Gasteiger partial charge is 0.502 e. The van der Waals surface area contributed by atoms with Crippen molar-refractivity contribution < 1.29 is 19.6 Å². The van der Waals surface area contributed by atoms with Gasteiger partial charge in [0.15, 0.2) is 5.75 Å². The second-order valence-corrected chi connectivity index (χ2v) is 4.85. The van der Waals surface area contributed by atoms with Gasteiger partial charge < -0.3 is 10.4 Å². The van der Waals surface area contributed by atoms with E-state index in [0.29, 0.717) is 11.1 Å². The number of nitrogens with one attached hydrogen (secondary N) is 2. The zero-order chi connectivity index (χ0) is 18.2. The van der Waals surface area contributed by atoms with E-state index in [2.05, 4.69) is 15.8 Å². The molecule has 2 amide bonds.